The minimum absolute atomic E-state index is 0.910. The molecule has 1 aliphatic rings. The second kappa shape index (κ2) is 14.2. The molecule has 0 saturated carbocycles. The predicted octanol–water partition coefficient (Wildman–Crippen LogP) is 14.7. The Morgan fingerprint density at radius 1 is 0.482 bits per heavy atom. The molecule has 0 saturated heterocycles. The van der Waals surface area contributed by atoms with E-state index < -0.39 is 0 Å². The van der Waals surface area contributed by atoms with Crippen LogP contribution in [0.25, 0.3) is 66.8 Å². The monoisotopic (exact) mass is 716 g/mol. The summed E-state index contributed by atoms with van der Waals surface area (Å²) in [5.74, 6) is 0. The van der Waals surface area contributed by atoms with Gasteiger partial charge < -0.3 is 9.47 Å². The second-order valence-corrected chi connectivity index (χ2v) is 14.6. The molecule has 1 aliphatic carbocycles. The maximum atomic E-state index is 2.42. The highest BCUT2D eigenvalue weighted by Gasteiger charge is 2.18. The Morgan fingerprint density at radius 3 is 1.86 bits per heavy atom. The third-order valence-electron chi connectivity index (χ3n) is 11.2. The van der Waals surface area contributed by atoms with Gasteiger partial charge in [0.2, 0.25) is 0 Å². The Labute approximate surface area is 328 Å². The number of rotatable bonds is 7. The van der Waals surface area contributed by atoms with Gasteiger partial charge in [-0.05, 0) is 99.8 Å². The zero-order valence-corrected chi connectivity index (χ0v) is 31.3. The van der Waals surface area contributed by atoms with Gasteiger partial charge in [0, 0.05) is 45.5 Å². The zero-order valence-electron chi connectivity index (χ0n) is 31.3. The van der Waals surface area contributed by atoms with Crippen LogP contribution >= 0.6 is 0 Å². The fourth-order valence-electron chi connectivity index (χ4n) is 8.43. The summed E-state index contributed by atoms with van der Waals surface area (Å²) in [5, 5.41) is 3.76. The number of allylic oxidation sites excluding steroid dienone is 3. The van der Waals surface area contributed by atoms with E-state index in [1.54, 1.807) is 0 Å². The highest BCUT2D eigenvalue weighted by molar-refractivity contribution is 5.99. The Hall–Kier alpha value is -7.16. The van der Waals surface area contributed by atoms with Crippen LogP contribution < -0.4 is 4.90 Å². The molecule has 10 rings (SSSR count). The standard InChI is InChI=1S/C54H40N2/c1-38-37-44(31-36-48(38)43-29-34-46(35-30-43)55(45-15-4-2-5-16-45)52-22-12-14-42-13-8-9-17-49(42)52)41-25-23-39(24-26-41)40-27-32-47(33-28-40)56-53-20-7-3-6-18-50(53)51-19-10-11-21-54(51)56/h2-19,21-37H,20H2,1H3. The molecule has 0 spiro atoms. The van der Waals surface area contributed by atoms with Crippen molar-refractivity contribution in [1.29, 1.82) is 0 Å². The zero-order chi connectivity index (χ0) is 37.4. The smallest absolute Gasteiger partial charge is 0.0540 e. The molecule has 0 fully saturated rings. The number of aryl methyl sites for hydroxylation is 1. The summed E-state index contributed by atoms with van der Waals surface area (Å²) < 4.78 is 2.42. The Balaban J connectivity index is 0.900. The van der Waals surface area contributed by atoms with E-state index in [-0.39, 0.29) is 0 Å². The fourth-order valence-corrected chi connectivity index (χ4v) is 8.43. The number of hydrogen-bond acceptors (Lipinski definition) is 1. The summed E-state index contributed by atoms with van der Waals surface area (Å²) >= 11 is 0. The number of aromatic nitrogens is 1. The molecule has 266 valence electrons. The summed E-state index contributed by atoms with van der Waals surface area (Å²) in [6.45, 7) is 2.22. The van der Waals surface area contributed by atoms with Gasteiger partial charge >= 0.3 is 0 Å². The second-order valence-electron chi connectivity index (χ2n) is 14.6. The van der Waals surface area contributed by atoms with Crippen LogP contribution in [0.15, 0.2) is 206 Å². The Kier molecular flexibility index (Phi) is 8.50. The van der Waals surface area contributed by atoms with Gasteiger partial charge in [0.1, 0.15) is 0 Å². The lowest BCUT2D eigenvalue weighted by molar-refractivity contribution is 1.00. The molecular formula is C54H40N2. The van der Waals surface area contributed by atoms with Gasteiger partial charge in [0.15, 0.2) is 0 Å². The molecule has 0 unspecified atom stereocenters. The molecule has 2 heteroatoms. The first kappa shape index (κ1) is 33.4. The highest BCUT2D eigenvalue weighted by atomic mass is 15.1. The van der Waals surface area contributed by atoms with Crippen LogP contribution in [0.1, 0.15) is 16.8 Å². The molecule has 2 nitrogen and oxygen atoms in total. The normalized spacial score (nSPS) is 12.2. The lowest BCUT2D eigenvalue weighted by atomic mass is 9.94. The maximum absolute atomic E-state index is 2.42. The van der Waals surface area contributed by atoms with Crippen LogP contribution in [0.5, 0.6) is 0 Å². The maximum Gasteiger partial charge on any atom is 0.0540 e. The van der Waals surface area contributed by atoms with Gasteiger partial charge in [-0.25, -0.2) is 0 Å². The van der Waals surface area contributed by atoms with Gasteiger partial charge in [-0.15, -0.1) is 0 Å². The highest BCUT2D eigenvalue weighted by Crippen LogP contribution is 2.40. The van der Waals surface area contributed by atoms with Crippen LogP contribution in [-0.4, -0.2) is 4.57 Å². The molecule has 8 aromatic carbocycles. The fraction of sp³-hybridized carbons (Fsp3) is 0.0370. The van der Waals surface area contributed by atoms with Crippen molar-refractivity contribution in [3.63, 3.8) is 0 Å². The van der Waals surface area contributed by atoms with Crippen molar-refractivity contribution in [2.45, 2.75) is 13.3 Å². The van der Waals surface area contributed by atoms with E-state index in [2.05, 4.69) is 229 Å². The molecule has 0 bridgehead atoms. The van der Waals surface area contributed by atoms with E-state index in [0.29, 0.717) is 0 Å². The number of fused-ring (bicyclic) bond motifs is 4. The third-order valence-corrected chi connectivity index (χ3v) is 11.2. The average Bonchev–Trinajstić information content (AvgIpc) is 3.37. The lowest BCUT2D eigenvalue weighted by Gasteiger charge is -2.27. The molecule has 0 radical (unpaired) electrons. The van der Waals surface area contributed by atoms with Crippen molar-refractivity contribution in [3.8, 4) is 39.1 Å². The van der Waals surface area contributed by atoms with Crippen LogP contribution in [-0.2, 0) is 6.42 Å². The van der Waals surface area contributed by atoms with E-state index in [0.717, 1.165) is 17.8 Å². The van der Waals surface area contributed by atoms with Crippen molar-refractivity contribution in [2.24, 2.45) is 0 Å². The van der Waals surface area contributed by atoms with Crippen LogP contribution in [0.2, 0.25) is 0 Å². The quantitative estimate of drug-likeness (QED) is 0.159. The first-order valence-electron chi connectivity index (χ1n) is 19.4. The molecule has 56 heavy (non-hydrogen) atoms. The largest absolute Gasteiger partial charge is 0.313 e. The van der Waals surface area contributed by atoms with Gasteiger partial charge in [0.05, 0.1) is 11.2 Å². The summed E-state index contributed by atoms with van der Waals surface area (Å²) in [6, 6.07) is 68.3. The van der Waals surface area contributed by atoms with E-state index in [1.165, 1.54) is 83.3 Å². The van der Waals surface area contributed by atoms with Gasteiger partial charge in [0.25, 0.3) is 0 Å². The first-order valence-corrected chi connectivity index (χ1v) is 19.4. The van der Waals surface area contributed by atoms with E-state index >= 15 is 0 Å². The van der Waals surface area contributed by atoms with E-state index in [1.807, 2.05) is 0 Å². The number of para-hydroxylation sites is 2. The third kappa shape index (κ3) is 6.02. The Bertz CT molecular complexity index is 2900. The SMILES string of the molecule is Cc1cc(-c2ccc(-c3ccc(-n4c5c(c6ccccc64)C=CC=CC5)cc3)cc2)ccc1-c1ccc(N(c2ccccc2)c2cccc3ccccc23)cc1. The topological polar surface area (TPSA) is 8.17 Å². The summed E-state index contributed by atoms with van der Waals surface area (Å²) in [4.78, 5) is 2.35. The minimum atomic E-state index is 0.910. The van der Waals surface area contributed by atoms with Crippen molar-refractivity contribution < 1.29 is 0 Å². The molecule has 1 heterocycles. The molecule has 0 amide bonds. The Morgan fingerprint density at radius 2 is 1.09 bits per heavy atom. The van der Waals surface area contributed by atoms with E-state index in [4.69, 9.17) is 0 Å². The van der Waals surface area contributed by atoms with Crippen LogP contribution in [0.3, 0.4) is 0 Å². The van der Waals surface area contributed by atoms with Gasteiger partial charge in [-0.2, -0.15) is 0 Å². The molecule has 1 aromatic heterocycles. The molecule has 0 atom stereocenters. The molecular weight excluding hydrogens is 677 g/mol. The lowest BCUT2D eigenvalue weighted by Crippen LogP contribution is -2.10. The van der Waals surface area contributed by atoms with Crippen molar-refractivity contribution >= 4 is 44.8 Å². The van der Waals surface area contributed by atoms with Gasteiger partial charge in [-0.3, -0.25) is 0 Å². The van der Waals surface area contributed by atoms with Crippen LogP contribution in [0.4, 0.5) is 17.1 Å². The summed E-state index contributed by atoms with van der Waals surface area (Å²) in [5.41, 5.74) is 17.1. The summed E-state index contributed by atoms with van der Waals surface area (Å²) in [6.07, 6.45) is 9.69. The molecule has 0 N–H and O–H groups in total. The van der Waals surface area contributed by atoms with Gasteiger partial charge in [-0.1, -0.05) is 164 Å². The van der Waals surface area contributed by atoms with Crippen molar-refractivity contribution in [1.82, 2.24) is 4.57 Å². The number of anilines is 3. The van der Waals surface area contributed by atoms with E-state index in [9.17, 15) is 0 Å². The van der Waals surface area contributed by atoms with Crippen LogP contribution in [0, 0.1) is 6.92 Å². The predicted molar refractivity (Wildman–Crippen MR) is 238 cm³/mol. The molecule has 9 aromatic rings. The number of nitrogens with zero attached hydrogens (tertiary/aromatic N) is 2. The first-order chi connectivity index (χ1) is 27.7. The number of hydrogen-bond donors (Lipinski definition) is 0. The average molecular weight is 717 g/mol. The van der Waals surface area contributed by atoms with Crippen molar-refractivity contribution in [3.05, 3.63) is 223 Å². The summed E-state index contributed by atoms with van der Waals surface area (Å²) in [7, 11) is 0. The minimum Gasteiger partial charge on any atom is -0.313 e. The number of benzene rings is 8. The molecule has 0 aliphatic heterocycles. The van der Waals surface area contributed by atoms with Crippen molar-refractivity contribution in [2.75, 3.05) is 4.90 Å².